The Morgan fingerprint density at radius 3 is 2.62 bits per heavy atom. The zero-order valence-electron chi connectivity index (χ0n) is 14.5. The molecule has 0 radical (unpaired) electrons. The maximum absolute atomic E-state index is 12.3. The molecule has 1 amide bonds. The molecule has 0 bridgehead atoms. The van der Waals surface area contributed by atoms with Crippen molar-refractivity contribution in [3.05, 3.63) is 30.1 Å². The number of nitrogens with two attached hydrogens (primary N) is 1. The third-order valence-corrected chi connectivity index (χ3v) is 4.56. The molecule has 24 heavy (non-hydrogen) atoms. The summed E-state index contributed by atoms with van der Waals surface area (Å²) in [5.74, 6) is 2.20. The topological polar surface area (TPSA) is 94.9 Å². The predicted octanol–water partition coefficient (Wildman–Crippen LogP) is 0.503. The van der Waals surface area contributed by atoms with Crippen LogP contribution in [-0.2, 0) is 18.4 Å². The monoisotopic (exact) mass is 331 g/mol. The highest BCUT2D eigenvalue weighted by molar-refractivity contribution is 5.85. The summed E-state index contributed by atoms with van der Waals surface area (Å²) in [6.45, 7) is 5.55. The molecule has 1 aliphatic heterocycles. The summed E-state index contributed by atoms with van der Waals surface area (Å²) in [5, 5.41) is 12.9. The summed E-state index contributed by atoms with van der Waals surface area (Å²) in [7, 11) is 1.99. The van der Waals surface area contributed by atoms with E-state index in [4.69, 9.17) is 5.73 Å². The van der Waals surface area contributed by atoms with Gasteiger partial charge in [0.15, 0.2) is 5.82 Å². The Bertz CT molecular complexity index is 691. The van der Waals surface area contributed by atoms with E-state index in [1.165, 1.54) is 0 Å². The van der Waals surface area contributed by atoms with Gasteiger partial charge in [-0.1, -0.05) is 0 Å². The maximum atomic E-state index is 12.3. The number of nitrogens with zero attached hydrogens (tertiary/aromatic N) is 6. The van der Waals surface area contributed by atoms with Crippen LogP contribution in [0.15, 0.2) is 18.5 Å². The van der Waals surface area contributed by atoms with E-state index in [1.807, 2.05) is 28.9 Å². The second-order valence-electron chi connectivity index (χ2n) is 7.03. The molecule has 130 valence electrons. The molecule has 0 unspecified atom stereocenters. The van der Waals surface area contributed by atoms with Crippen molar-refractivity contribution in [3.8, 4) is 0 Å². The molecule has 1 fully saturated rings. The summed E-state index contributed by atoms with van der Waals surface area (Å²) < 4.78 is 3.88. The summed E-state index contributed by atoms with van der Waals surface area (Å²) in [4.78, 5) is 14.1. The molecule has 3 rings (SSSR count). The van der Waals surface area contributed by atoms with Crippen LogP contribution in [0.2, 0.25) is 0 Å². The van der Waals surface area contributed by atoms with Crippen molar-refractivity contribution in [2.75, 3.05) is 13.1 Å². The molecule has 2 aromatic rings. The Morgan fingerprint density at radius 2 is 2.04 bits per heavy atom. The highest BCUT2D eigenvalue weighted by atomic mass is 16.2. The van der Waals surface area contributed by atoms with Gasteiger partial charge in [-0.2, -0.15) is 5.10 Å². The first-order valence-corrected chi connectivity index (χ1v) is 8.30. The molecule has 0 aromatic carbocycles. The number of rotatable bonds is 4. The average molecular weight is 331 g/mol. The Kier molecular flexibility index (Phi) is 4.40. The van der Waals surface area contributed by atoms with Crippen LogP contribution in [0.1, 0.15) is 44.3 Å². The maximum Gasteiger partial charge on any atom is 0.242 e. The first kappa shape index (κ1) is 16.6. The fourth-order valence-corrected chi connectivity index (χ4v) is 3.16. The van der Waals surface area contributed by atoms with Crippen molar-refractivity contribution < 1.29 is 4.79 Å². The lowest BCUT2D eigenvalue weighted by atomic mass is 9.94. The van der Waals surface area contributed by atoms with Crippen molar-refractivity contribution in [2.45, 2.75) is 44.7 Å². The molecular formula is C16H25N7O. The SMILES string of the molecule is Cn1c(Cn2cccn2)nnc1C1CCN(C(=O)C(C)(C)N)CC1. The highest BCUT2D eigenvalue weighted by Crippen LogP contribution is 2.27. The van der Waals surface area contributed by atoms with Crippen molar-refractivity contribution in [2.24, 2.45) is 12.8 Å². The lowest BCUT2D eigenvalue weighted by molar-refractivity contribution is -0.136. The Hall–Kier alpha value is -2.22. The molecule has 0 saturated carbocycles. The van der Waals surface area contributed by atoms with Crippen LogP contribution in [0.25, 0.3) is 0 Å². The van der Waals surface area contributed by atoms with Gasteiger partial charge in [0, 0.05) is 38.4 Å². The Balaban J connectivity index is 1.65. The van der Waals surface area contributed by atoms with Gasteiger partial charge in [0.05, 0.1) is 5.54 Å². The molecule has 1 saturated heterocycles. The second kappa shape index (κ2) is 6.35. The number of carbonyl (C=O) groups is 1. The summed E-state index contributed by atoms with van der Waals surface area (Å²) in [5.41, 5.74) is 5.11. The third kappa shape index (κ3) is 3.33. The standard InChI is InChI=1S/C16H25N7O/c1-16(2,17)15(24)22-9-5-12(6-10-22)14-20-19-13(21(14)3)11-23-8-4-7-18-23/h4,7-8,12H,5-6,9-11,17H2,1-3H3. The van der Waals surface area contributed by atoms with E-state index >= 15 is 0 Å². The number of piperidine rings is 1. The molecule has 2 N–H and O–H groups in total. The van der Waals surface area contributed by atoms with Crippen LogP contribution in [0.5, 0.6) is 0 Å². The summed E-state index contributed by atoms with van der Waals surface area (Å²) in [6.07, 6.45) is 5.43. The van der Waals surface area contributed by atoms with Crippen LogP contribution in [-0.4, -0.2) is 54.0 Å². The fourth-order valence-electron chi connectivity index (χ4n) is 3.16. The lowest BCUT2D eigenvalue weighted by Gasteiger charge is -2.35. The van der Waals surface area contributed by atoms with Gasteiger partial charge >= 0.3 is 0 Å². The minimum atomic E-state index is -0.811. The van der Waals surface area contributed by atoms with Gasteiger partial charge in [-0.25, -0.2) is 0 Å². The first-order chi connectivity index (χ1) is 11.4. The molecule has 8 nitrogen and oxygen atoms in total. The number of likely N-dealkylation sites (tertiary alicyclic amines) is 1. The van der Waals surface area contributed by atoms with E-state index in [2.05, 4.69) is 19.9 Å². The number of aromatic nitrogens is 5. The minimum Gasteiger partial charge on any atom is -0.341 e. The van der Waals surface area contributed by atoms with Crippen molar-refractivity contribution in [1.82, 2.24) is 29.4 Å². The van der Waals surface area contributed by atoms with Crippen LogP contribution < -0.4 is 5.73 Å². The van der Waals surface area contributed by atoms with Crippen LogP contribution >= 0.6 is 0 Å². The van der Waals surface area contributed by atoms with Crippen LogP contribution in [0.3, 0.4) is 0 Å². The number of hydrogen-bond donors (Lipinski definition) is 1. The zero-order chi connectivity index (χ0) is 17.3. The van der Waals surface area contributed by atoms with Gasteiger partial charge in [0.1, 0.15) is 12.4 Å². The quantitative estimate of drug-likeness (QED) is 0.880. The van der Waals surface area contributed by atoms with Gasteiger partial charge < -0.3 is 15.2 Å². The van der Waals surface area contributed by atoms with Gasteiger partial charge in [-0.15, -0.1) is 10.2 Å². The number of carbonyl (C=O) groups excluding carboxylic acids is 1. The molecule has 1 aliphatic rings. The zero-order valence-corrected chi connectivity index (χ0v) is 14.5. The number of amides is 1. The smallest absolute Gasteiger partial charge is 0.242 e. The van der Waals surface area contributed by atoms with Crippen LogP contribution in [0, 0.1) is 0 Å². The van der Waals surface area contributed by atoms with Crippen molar-refractivity contribution in [1.29, 1.82) is 0 Å². The van der Waals surface area contributed by atoms with Gasteiger partial charge in [0.25, 0.3) is 0 Å². The summed E-state index contributed by atoms with van der Waals surface area (Å²) in [6, 6.07) is 1.89. The minimum absolute atomic E-state index is 0.0123. The van der Waals surface area contributed by atoms with E-state index in [0.29, 0.717) is 25.6 Å². The van der Waals surface area contributed by atoms with Gasteiger partial charge in [-0.3, -0.25) is 9.48 Å². The lowest BCUT2D eigenvalue weighted by Crippen LogP contribution is -2.53. The molecule has 0 atom stereocenters. The van der Waals surface area contributed by atoms with E-state index in [1.54, 1.807) is 20.0 Å². The first-order valence-electron chi connectivity index (χ1n) is 8.30. The molecule has 0 aliphatic carbocycles. The van der Waals surface area contributed by atoms with E-state index in [9.17, 15) is 4.79 Å². The van der Waals surface area contributed by atoms with Gasteiger partial charge in [0.2, 0.25) is 5.91 Å². The van der Waals surface area contributed by atoms with E-state index in [0.717, 1.165) is 24.5 Å². The average Bonchev–Trinajstić information content (AvgIpc) is 3.17. The molecule has 0 spiro atoms. The largest absolute Gasteiger partial charge is 0.341 e. The summed E-state index contributed by atoms with van der Waals surface area (Å²) >= 11 is 0. The molecular weight excluding hydrogens is 306 g/mol. The Labute approximate surface area is 141 Å². The highest BCUT2D eigenvalue weighted by Gasteiger charge is 2.32. The molecule has 3 heterocycles. The van der Waals surface area contributed by atoms with Crippen LogP contribution in [0.4, 0.5) is 0 Å². The second-order valence-corrected chi connectivity index (χ2v) is 7.03. The van der Waals surface area contributed by atoms with Crippen molar-refractivity contribution in [3.63, 3.8) is 0 Å². The van der Waals surface area contributed by atoms with Crippen molar-refractivity contribution >= 4 is 5.91 Å². The third-order valence-electron chi connectivity index (χ3n) is 4.56. The van der Waals surface area contributed by atoms with E-state index in [-0.39, 0.29) is 5.91 Å². The fraction of sp³-hybridized carbons (Fsp3) is 0.625. The predicted molar refractivity (Wildman–Crippen MR) is 89.2 cm³/mol. The molecule has 2 aromatic heterocycles. The molecule has 8 heteroatoms. The normalized spacial score (nSPS) is 16.6. The van der Waals surface area contributed by atoms with E-state index < -0.39 is 5.54 Å². The van der Waals surface area contributed by atoms with Gasteiger partial charge in [-0.05, 0) is 32.8 Å². The number of hydrogen-bond acceptors (Lipinski definition) is 5. The Morgan fingerprint density at radius 1 is 1.33 bits per heavy atom.